The molecular weight excluding hydrogens is 538 g/mol. The average molecular weight is 567 g/mol. The number of ether oxygens (including phenoxy) is 2. The molecule has 12 heteroatoms. The summed E-state index contributed by atoms with van der Waals surface area (Å²) in [5, 5.41) is 8.08. The van der Waals surface area contributed by atoms with Crippen molar-refractivity contribution >= 4 is 40.8 Å². The summed E-state index contributed by atoms with van der Waals surface area (Å²) in [6, 6.07) is 1.15. The highest BCUT2D eigenvalue weighted by molar-refractivity contribution is 7.11. The standard InChI is InChI=1S/C26H29ClF2N4O4S/c1-26(2,3)37-25(35)31-14-7-5-13(6-8-14)20-17(24(34)36-4)21(15-9-10-16(28)19(29)18(15)27)33-22(32-20)23-30-11-12-38-23/h9-14,21H,5-8H2,1-4H3,(H,31,35)(H,32,33). The van der Waals surface area contributed by atoms with Crippen LogP contribution in [0.1, 0.15) is 63.1 Å². The maximum Gasteiger partial charge on any atom is 0.407 e. The molecule has 8 nitrogen and oxygen atoms in total. The van der Waals surface area contributed by atoms with E-state index in [1.165, 1.54) is 24.5 Å². The summed E-state index contributed by atoms with van der Waals surface area (Å²) in [5.74, 6) is -2.71. The number of halogens is 3. The van der Waals surface area contributed by atoms with Crippen LogP contribution in [0.2, 0.25) is 5.02 Å². The highest BCUT2D eigenvalue weighted by Crippen LogP contribution is 2.41. The molecule has 2 aliphatic rings. The number of amidine groups is 1. The summed E-state index contributed by atoms with van der Waals surface area (Å²) in [6.45, 7) is 5.41. The van der Waals surface area contributed by atoms with Gasteiger partial charge in [-0.1, -0.05) is 17.7 Å². The molecule has 0 spiro atoms. The van der Waals surface area contributed by atoms with Gasteiger partial charge >= 0.3 is 12.1 Å². The third-order valence-electron chi connectivity index (χ3n) is 6.33. The normalized spacial score (nSPS) is 21.9. The Bertz CT molecular complexity index is 1270. The first-order valence-electron chi connectivity index (χ1n) is 12.2. The second-order valence-electron chi connectivity index (χ2n) is 10.1. The van der Waals surface area contributed by atoms with Crippen molar-refractivity contribution in [2.24, 2.45) is 10.9 Å². The first-order valence-corrected chi connectivity index (χ1v) is 13.4. The average Bonchev–Trinajstić information content (AvgIpc) is 3.41. The lowest BCUT2D eigenvalue weighted by molar-refractivity contribution is -0.136. The van der Waals surface area contributed by atoms with Gasteiger partial charge < -0.3 is 20.1 Å². The first-order chi connectivity index (χ1) is 18.0. The van der Waals surface area contributed by atoms with Gasteiger partial charge in [0.1, 0.15) is 11.6 Å². The summed E-state index contributed by atoms with van der Waals surface area (Å²) in [6.07, 6.45) is 3.70. The number of hydrogen-bond acceptors (Lipinski definition) is 8. The molecule has 1 aromatic heterocycles. The molecule has 2 N–H and O–H groups in total. The lowest BCUT2D eigenvalue weighted by Crippen LogP contribution is -2.43. The molecule has 1 aliphatic heterocycles. The van der Waals surface area contributed by atoms with Crippen LogP contribution >= 0.6 is 22.9 Å². The van der Waals surface area contributed by atoms with E-state index in [0.29, 0.717) is 42.2 Å². The molecule has 1 aliphatic carbocycles. The largest absolute Gasteiger partial charge is 0.466 e. The number of benzene rings is 1. The Morgan fingerprint density at radius 2 is 1.89 bits per heavy atom. The van der Waals surface area contributed by atoms with Crippen LogP contribution in [-0.2, 0) is 14.3 Å². The molecule has 1 unspecified atom stereocenters. The number of esters is 1. The van der Waals surface area contributed by atoms with E-state index >= 15 is 0 Å². The predicted molar refractivity (Wildman–Crippen MR) is 140 cm³/mol. The summed E-state index contributed by atoms with van der Waals surface area (Å²) in [4.78, 5) is 34.3. The SMILES string of the molecule is COC(=O)C1=C(C2CCC(NC(=O)OC(C)(C)C)CC2)NC(c2nccs2)=NC1c1ccc(F)c(F)c1Cl. The zero-order chi connectivity index (χ0) is 27.6. The van der Waals surface area contributed by atoms with Gasteiger partial charge in [-0.05, 0) is 58.4 Å². The Labute approximate surface area is 228 Å². The van der Waals surface area contributed by atoms with E-state index in [2.05, 4.69) is 20.6 Å². The molecule has 1 aromatic carbocycles. The lowest BCUT2D eigenvalue weighted by atomic mass is 9.80. The third kappa shape index (κ3) is 6.15. The minimum Gasteiger partial charge on any atom is -0.466 e. The molecule has 2 heterocycles. The molecule has 204 valence electrons. The summed E-state index contributed by atoms with van der Waals surface area (Å²) in [7, 11) is 1.25. The van der Waals surface area contributed by atoms with E-state index < -0.39 is 40.4 Å². The van der Waals surface area contributed by atoms with E-state index in [9.17, 15) is 18.4 Å². The summed E-state index contributed by atoms with van der Waals surface area (Å²) >= 11 is 7.56. The number of hydrogen-bond donors (Lipinski definition) is 2. The number of rotatable bonds is 5. The molecule has 38 heavy (non-hydrogen) atoms. The molecule has 1 fully saturated rings. The summed E-state index contributed by atoms with van der Waals surface area (Å²) in [5.41, 5.74) is 0.275. The van der Waals surface area contributed by atoms with Crippen molar-refractivity contribution in [1.29, 1.82) is 0 Å². The number of nitrogens with one attached hydrogen (secondary N) is 2. The molecule has 0 bridgehead atoms. The van der Waals surface area contributed by atoms with Crippen molar-refractivity contribution in [3.05, 3.63) is 62.2 Å². The van der Waals surface area contributed by atoms with Crippen molar-refractivity contribution in [2.75, 3.05) is 7.11 Å². The van der Waals surface area contributed by atoms with Gasteiger partial charge in [0, 0.05) is 28.9 Å². The van der Waals surface area contributed by atoms with Crippen LogP contribution in [0.5, 0.6) is 0 Å². The molecule has 0 saturated heterocycles. The molecule has 1 amide bonds. The van der Waals surface area contributed by atoms with Crippen LogP contribution < -0.4 is 10.6 Å². The Hall–Kier alpha value is -3.05. The molecule has 1 atom stereocenters. The van der Waals surface area contributed by atoms with Gasteiger partial charge in [-0.15, -0.1) is 11.3 Å². The van der Waals surface area contributed by atoms with Gasteiger partial charge in [0.25, 0.3) is 0 Å². The number of carbonyl (C=O) groups is 2. The van der Waals surface area contributed by atoms with Gasteiger partial charge in [-0.3, -0.25) is 4.99 Å². The fraction of sp³-hybridized carbons (Fsp3) is 0.462. The summed E-state index contributed by atoms with van der Waals surface area (Å²) < 4.78 is 38.8. The number of allylic oxidation sites excluding steroid dienone is 1. The van der Waals surface area contributed by atoms with Gasteiger partial charge in [0.05, 0.1) is 17.7 Å². The monoisotopic (exact) mass is 566 g/mol. The second kappa shape index (κ2) is 11.4. The number of alkyl carbamates (subject to hydrolysis) is 1. The smallest absolute Gasteiger partial charge is 0.407 e. The number of aliphatic imine (C=N–C) groups is 1. The topological polar surface area (TPSA) is 102 Å². The maximum atomic E-state index is 14.5. The fourth-order valence-electron chi connectivity index (χ4n) is 4.65. The van der Waals surface area contributed by atoms with Crippen LogP contribution in [0.15, 0.2) is 40.0 Å². The Balaban J connectivity index is 1.68. The van der Waals surface area contributed by atoms with Crippen molar-refractivity contribution in [3.63, 3.8) is 0 Å². The van der Waals surface area contributed by atoms with E-state index in [1.54, 1.807) is 32.3 Å². The molecule has 0 radical (unpaired) electrons. The number of nitrogens with zero attached hydrogens (tertiary/aromatic N) is 2. The molecule has 1 saturated carbocycles. The number of amides is 1. The lowest BCUT2D eigenvalue weighted by Gasteiger charge is -2.35. The quantitative estimate of drug-likeness (QED) is 0.357. The third-order valence-corrected chi connectivity index (χ3v) is 7.49. The number of aromatic nitrogens is 1. The van der Waals surface area contributed by atoms with Crippen LogP contribution in [0.25, 0.3) is 0 Å². The minimum absolute atomic E-state index is 0.0876. The van der Waals surface area contributed by atoms with Crippen molar-refractivity contribution in [1.82, 2.24) is 15.6 Å². The maximum absolute atomic E-state index is 14.5. The second-order valence-corrected chi connectivity index (χ2v) is 11.4. The Kier molecular flexibility index (Phi) is 8.37. The van der Waals surface area contributed by atoms with Crippen LogP contribution in [0.3, 0.4) is 0 Å². The van der Waals surface area contributed by atoms with E-state index in [4.69, 9.17) is 21.1 Å². The van der Waals surface area contributed by atoms with Crippen molar-refractivity contribution in [3.8, 4) is 0 Å². The van der Waals surface area contributed by atoms with Crippen LogP contribution in [0, 0.1) is 17.6 Å². The van der Waals surface area contributed by atoms with E-state index in [0.717, 1.165) is 6.07 Å². The van der Waals surface area contributed by atoms with Gasteiger partial charge in [-0.25, -0.2) is 23.4 Å². The van der Waals surface area contributed by atoms with Crippen LogP contribution in [-0.4, -0.2) is 41.6 Å². The van der Waals surface area contributed by atoms with Crippen LogP contribution in [0.4, 0.5) is 13.6 Å². The van der Waals surface area contributed by atoms with Gasteiger partial charge in [0.2, 0.25) is 0 Å². The van der Waals surface area contributed by atoms with E-state index in [1.807, 2.05) is 0 Å². The van der Waals surface area contributed by atoms with Gasteiger partial charge in [0.15, 0.2) is 22.5 Å². The number of methoxy groups -OCH3 is 1. The molecule has 4 rings (SSSR count). The van der Waals surface area contributed by atoms with Gasteiger partial charge in [-0.2, -0.15) is 0 Å². The Morgan fingerprint density at radius 1 is 1.18 bits per heavy atom. The minimum atomic E-state index is -1.21. The first kappa shape index (κ1) is 28.0. The zero-order valence-electron chi connectivity index (χ0n) is 21.4. The number of carbonyl (C=O) groups excluding carboxylic acids is 2. The molecular formula is C26H29ClF2N4O4S. The highest BCUT2D eigenvalue weighted by Gasteiger charge is 2.38. The highest BCUT2D eigenvalue weighted by atomic mass is 35.5. The molecule has 2 aromatic rings. The van der Waals surface area contributed by atoms with E-state index in [-0.39, 0.29) is 23.1 Å². The predicted octanol–water partition coefficient (Wildman–Crippen LogP) is 5.68. The fourth-order valence-corrected chi connectivity index (χ4v) is 5.49. The number of thiazole rings is 1. The van der Waals surface area contributed by atoms with Crippen molar-refractivity contribution in [2.45, 2.75) is 64.1 Å². The Morgan fingerprint density at radius 3 is 2.50 bits per heavy atom. The zero-order valence-corrected chi connectivity index (χ0v) is 23.0. The van der Waals surface area contributed by atoms with Crippen molar-refractivity contribution < 1.29 is 27.8 Å².